The third kappa shape index (κ3) is 4.43. The van der Waals surface area contributed by atoms with Gasteiger partial charge in [0.15, 0.2) is 0 Å². The molecule has 0 aromatic carbocycles. The van der Waals surface area contributed by atoms with E-state index < -0.39 is 0 Å². The zero-order valence-corrected chi connectivity index (χ0v) is 10.2. The molecule has 0 saturated carbocycles. The first-order chi connectivity index (χ1) is 7.09. The van der Waals surface area contributed by atoms with Crippen molar-refractivity contribution in [2.75, 3.05) is 0 Å². The number of pyridine rings is 1. The Kier molecular flexibility index (Phi) is 4.76. The Morgan fingerprint density at radius 1 is 1.33 bits per heavy atom. The van der Waals surface area contributed by atoms with Crippen molar-refractivity contribution in [1.29, 1.82) is 0 Å². The van der Waals surface area contributed by atoms with Crippen LogP contribution in [0.1, 0.15) is 38.4 Å². The van der Waals surface area contributed by atoms with E-state index in [1.54, 1.807) is 0 Å². The molecular formula is C13H22N2. The SMILES string of the molecule is Cc1cccnc1CNC(C)CC(C)C. The molecule has 1 heterocycles. The van der Waals surface area contributed by atoms with E-state index in [0.29, 0.717) is 6.04 Å². The van der Waals surface area contributed by atoms with Crippen LogP contribution in [0.15, 0.2) is 18.3 Å². The lowest BCUT2D eigenvalue weighted by Gasteiger charge is -2.16. The zero-order chi connectivity index (χ0) is 11.3. The molecule has 1 atom stereocenters. The number of rotatable bonds is 5. The predicted octanol–water partition coefficient (Wildman–Crippen LogP) is 2.91. The van der Waals surface area contributed by atoms with Crippen molar-refractivity contribution in [2.45, 2.75) is 46.7 Å². The van der Waals surface area contributed by atoms with Gasteiger partial charge in [0, 0.05) is 18.8 Å². The van der Waals surface area contributed by atoms with Gasteiger partial charge >= 0.3 is 0 Å². The van der Waals surface area contributed by atoms with Crippen molar-refractivity contribution >= 4 is 0 Å². The first-order valence-electron chi connectivity index (χ1n) is 5.73. The van der Waals surface area contributed by atoms with Gasteiger partial charge in [-0.25, -0.2) is 0 Å². The fraction of sp³-hybridized carbons (Fsp3) is 0.615. The van der Waals surface area contributed by atoms with E-state index in [2.05, 4.69) is 44.1 Å². The monoisotopic (exact) mass is 206 g/mol. The minimum atomic E-state index is 0.561. The molecule has 15 heavy (non-hydrogen) atoms. The summed E-state index contributed by atoms with van der Waals surface area (Å²) in [5, 5.41) is 3.51. The van der Waals surface area contributed by atoms with Crippen LogP contribution in [-0.4, -0.2) is 11.0 Å². The summed E-state index contributed by atoms with van der Waals surface area (Å²) in [6.45, 7) is 9.73. The second kappa shape index (κ2) is 5.86. The molecule has 1 aromatic heterocycles. The molecule has 0 amide bonds. The van der Waals surface area contributed by atoms with Crippen LogP contribution in [0.5, 0.6) is 0 Å². The molecule has 0 aliphatic rings. The fourth-order valence-electron chi connectivity index (χ4n) is 1.76. The highest BCUT2D eigenvalue weighted by atomic mass is 14.9. The minimum absolute atomic E-state index is 0.561. The van der Waals surface area contributed by atoms with Gasteiger partial charge in [-0.15, -0.1) is 0 Å². The second-order valence-corrected chi connectivity index (χ2v) is 4.68. The van der Waals surface area contributed by atoms with Crippen LogP contribution in [0.2, 0.25) is 0 Å². The fourth-order valence-corrected chi connectivity index (χ4v) is 1.76. The normalized spacial score (nSPS) is 13.1. The van der Waals surface area contributed by atoms with Gasteiger partial charge in [0.05, 0.1) is 5.69 Å². The quantitative estimate of drug-likeness (QED) is 0.801. The maximum Gasteiger partial charge on any atom is 0.0570 e. The Labute approximate surface area is 93.1 Å². The van der Waals surface area contributed by atoms with Gasteiger partial charge in [0.2, 0.25) is 0 Å². The Balaban J connectivity index is 2.40. The molecule has 0 radical (unpaired) electrons. The molecule has 0 aliphatic carbocycles. The van der Waals surface area contributed by atoms with E-state index in [0.717, 1.165) is 18.2 Å². The van der Waals surface area contributed by atoms with Crippen molar-refractivity contribution in [3.05, 3.63) is 29.6 Å². The van der Waals surface area contributed by atoms with Gasteiger partial charge in [-0.1, -0.05) is 19.9 Å². The minimum Gasteiger partial charge on any atom is -0.309 e. The number of hydrogen-bond acceptors (Lipinski definition) is 2. The second-order valence-electron chi connectivity index (χ2n) is 4.68. The van der Waals surface area contributed by atoms with E-state index >= 15 is 0 Å². The molecule has 1 N–H and O–H groups in total. The lowest BCUT2D eigenvalue weighted by atomic mass is 10.1. The summed E-state index contributed by atoms with van der Waals surface area (Å²) in [5.74, 6) is 0.748. The summed E-state index contributed by atoms with van der Waals surface area (Å²) in [6, 6.07) is 4.65. The van der Waals surface area contributed by atoms with Crippen LogP contribution in [0.4, 0.5) is 0 Å². The lowest BCUT2D eigenvalue weighted by molar-refractivity contribution is 0.439. The zero-order valence-electron chi connectivity index (χ0n) is 10.2. The van der Waals surface area contributed by atoms with Crippen molar-refractivity contribution in [3.8, 4) is 0 Å². The smallest absolute Gasteiger partial charge is 0.0570 e. The molecule has 0 bridgehead atoms. The van der Waals surface area contributed by atoms with Crippen LogP contribution < -0.4 is 5.32 Å². The molecule has 2 heteroatoms. The average molecular weight is 206 g/mol. The Morgan fingerprint density at radius 2 is 2.07 bits per heavy atom. The third-order valence-corrected chi connectivity index (χ3v) is 2.56. The van der Waals surface area contributed by atoms with Crippen LogP contribution in [0, 0.1) is 12.8 Å². The van der Waals surface area contributed by atoms with Gasteiger partial charge < -0.3 is 5.32 Å². The molecule has 84 valence electrons. The van der Waals surface area contributed by atoms with Crippen molar-refractivity contribution in [1.82, 2.24) is 10.3 Å². The van der Waals surface area contributed by atoms with E-state index in [4.69, 9.17) is 0 Å². The summed E-state index contributed by atoms with van der Waals surface area (Å²) in [4.78, 5) is 4.37. The largest absolute Gasteiger partial charge is 0.309 e. The molecule has 1 aromatic rings. The summed E-state index contributed by atoms with van der Waals surface area (Å²) in [5.41, 5.74) is 2.43. The van der Waals surface area contributed by atoms with Gasteiger partial charge in [0.1, 0.15) is 0 Å². The third-order valence-electron chi connectivity index (χ3n) is 2.56. The van der Waals surface area contributed by atoms with Crippen LogP contribution in [-0.2, 0) is 6.54 Å². The molecule has 0 aliphatic heterocycles. The van der Waals surface area contributed by atoms with Gasteiger partial charge in [-0.2, -0.15) is 0 Å². The summed E-state index contributed by atoms with van der Waals surface area (Å²) in [6.07, 6.45) is 3.07. The number of hydrogen-bond donors (Lipinski definition) is 1. The number of aryl methyl sites for hydroxylation is 1. The first kappa shape index (κ1) is 12.2. The lowest BCUT2D eigenvalue weighted by Crippen LogP contribution is -2.27. The summed E-state index contributed by atoms with van der Waals surface area (Å²) < 4.78 is 0. The standard InChI is InChI=1S/C13H22N2/c1-10(2)8-12(4)15-9-13-11(3)6-5-7-14-13/h5-7,10,12,15H,8-9H2,1-4H3. The topological polar surface area (TPSA) is 24.9 Å². The Morgan fingerprint density at radius 3 is 2.67 bits per heavy atom. The number of aromatic nitrogens is 1. The van der Waals surface area contributed by atoms with E-state index in [1.165, 1.54) is 12.0 Å². The van der Waals surface area contributed by atoms with Gasteiger partial charge in [-0.3, -0.25) is 4.98 Å². The number of nitrogens with zero attached hydrogens (tertiary/aromatic N) is 1. The van der Waals surface area contributed by atoms with Crippen molar-refractivity contribution in [2.24, 2.45) is 5.92 Å². The van der Waals surface area contributed by atoms with Crippen LogP contribution >= 0.6 is 0 Å². The highest BCUT2D eigenvalue weighted by Gasteiger charge is 2.05. The van der Waals surface area contributed by atoms with Crippen LogP contribution in [0.25, 0.3) is 0 Å². The van der Waals surface area contributed by atoms with Crippen molar-refractivity contribution < 1.29 is 0 Å². The highest BCUT2D eigenvalue weighted by molar-refractivity contribution is 5.17. The molecule has 0 fully saturated rings. The van der Waals surface area contributed by atoms with E-state index in [9.17, 15) is 0 Å². The maximum atomic E-state index is 4.37. The molecule has 2 nitrogen and oxygen atoms in total. The Bertz CT molecular complexity index is 294. The van der Waals surface area contributed by atoms with Gasteiger partial charge in [-0.05, 0) is 37.8 Å². The number of nitrogens with one attached hydrogen (secondary N) is 1. The highest BCUT2D eigenvalue weighted by Crippen LogP contribution is 2.06. The van der Waals surface area contributed by atoms with Crippen LogP contribution in [0.3, 0.4) is 0 Å². The Hall–Kier alpha value is -0.890. The van der Waals surface area contributed by atoms with E-state index in [-0.39, 0.29) is 0 Å². The first-order valence-corrected chi connectivity index (χ1v) is 5.73. The molecule has 0 saturated heterocycles. The maximum absolute atomic E-state index is 4.37. The summed E-state index contributed by atoms with van der Waals surface area (Å²) in [7, 11) is 0. The molecule has 1 rings (SSSR count). The summed E-state index contributed by atoms with van der Waals surface area (Å²) >= 11 is 0. The predicted molar refractivity (Wildman–Crippen MR) is 64.7 cm³/mol. The van der Waals surface area contributed by atoms with Crippen molar-refractivity contribution in [3.63, 3.8) is 0 Å². The van der Waals surface area contributed by atoms with Gasteiger partial charge in [0.25, 0.3) is 0 Å². The average Bonchev–Trinajstić information content (AvgIpc) is 2.15. The molecular weight excluding hydrogens is 184 g/mol. The molecule has 1 unspecified atom stereocenters. The molecule has 0 spiro atoms. The van der Waals surface area contributed by atoms with E-state index in [1.807, 2.05) is 12.3 Å².